The van der Waals surface area contributed by atoms with Crippen LogP contribution < -0.4 is 10.6 Å². The van der Waals surface area contributed by atoms with Gasteiger partial charge in [0, 0.05) is 26.7 Å². The molecule has 0 aliphatic carbocycles. The Hall–Kier alpha value is -1.49. The summed E-state index contributed by atoms with van der Waals surface area (Å²) in [6.45, 7) is 9.98. The van der Waals surface area contributed by atoms with Gasteiger partial charge in [-0.15, -0.1) is 0 Å². The van der Waals surface area contributed by atoms with E-state index in [4.69, 9.17) is 4.42 Å². The Morgan fingerprint density at radius 1 is 1.32 bits per heavy atom. The first-order valence-corrected chi connectivity index (χ1v) is 8.36. The number of nitrogens with one attached hydrogen (secondary N) is 2. The molecule has 2 N–H and O–H groups in total. The normalized spacial score (nSPS) is 23.5. The summed E-state index contributed by atoms with van der Waals surface area (Å²) in [5.41, 5.74) is 0. The molecule has 0 saturated carbocycles. The smallest absolute Gasteiger partial charge is 0.191 e. The number of likely N-dealkylation sites (tertiary alicyclic amines) is 1. The van der Waals surface area contributed by atoms with Crippen molar-refractivity contribution in [3.8, 4) is 0 Å². The minimum Gasteiger partial charge on any atom is -0.467 e. The van der Waals surface area contributed by atoms with Crippen molar-refractivity contribution in [1.29, 1.82) is 0 Å². The summed E-state index contributed by atoms with van der Waals surface area (Å²) >= 11 is 0. The minimum absolute atomic E-state index is 0.661. The van der Waals surface area contributed by atoms with E-state index in [0.717, 1.165) is 43.1 Å². The molecule has 2 heterocycles. The number of piperidine rings is 1. The Morgan fingerprint density at radius 3 is 2.73 bits per heavy atom. The molecule has 5 nitrogen and oxygen atoms in total. The molecule has 1 fully saturated rings. The molecule has 2 unspecified atom stereocenters. The van der Waals surface area contributed by atoms with Gasteiger partial charge in [-0.2, -0.15) is 0 Å². The zero-order chi connectivity index (χ0) is 15.8. The van der Waals surface area contributed by atoms with Crippen LogP contribution in [0.3, 0.4) is 0 Å². The molecule has 0 bridgehead atoms. The largest absolute Gasteiger partial charge is 0.467 e. The lowest BCUT2D eigenvalue weighted by atomic mass is 9.92. The molecular weight excluding hydrogens is 276 g/mol. The lowest BCUT2D eigenvalue weighted by molar-refractivity contribution is 0.140. The van der Waals surface area contributed by atoms with E-state index in [9.17, 15) is 0 Å². The molecule has 1 aromatic heterocycles. The fourth-order valence-corrected chi connectivity index (χ4v) is 3.29. The molecule has 1 saturated heterocycles. The van der Waals surface area contributed by atoms with Crippen molar-refractivity contribution in [2.24, 2.45) is 16.8 Å². The predicted molar refractivity (Wildman–Crippen MR) is 90.9 cm³/mol. The van der Waals surface area contributed by atoms with Gasteiger partial charge in [-0.25, -0.2) is 0 Å². The second kappa shape index (κ2) is 8.83. The summed E-state index contributed by atoms with van der Waals surface area (Å²) < 4.78 is 5.30. The fourth-order valence-electron chi connectivity index (χ4n) is 3.29. The molecule has 0 amide bonds. The molecule has 0 aromatic carbocycles. The van der Waals surface area contributed by atoms with Crippen molar-refractivity contribution in [2.45, 2.75) is 33.2 Å². The Labute approximate surface area is 134 Å². The molecule has 1 aromatic rings. The number of guanidine groups is 1. The predicted octanol–water partition coefficient (Wildman–Crippen LogP) is 2.31. The van der Waals surface area contributed by atoms with E-state index < -0.39 is 0 Å². The number of rotatable bonds is 6. The van der Waals surface area contributed by atoms with Gasteiger partial charge in [0.1, 0.15) is 5.76 Å². The minimum atomic E-state index is 0.661. The van der Waals surface area contributed by atoms with E-state index in [0.29, 0.717) is 6.54 Å². The third-order valence-corrected chi connectivity index (χ3v) is 4.12. The van der Waals surface area contributed by atoms with Gasteiger partial charge in [-0.05, 0) is 43.4 Å². The van der Waals surface area contributed by atoms with Crippen LogP contribution in [0.15, 0.2) is 27.8 Å². The molecule has 2 atom stereocenters. The van der Waals surface area contributed by atoms with Crippen molar-refractivity contribution in [3.63, 3.8) is 0 Å². The average Bonchev–Trinajstić information content (AvgIpc) is 2.99. The first-order chi connectivity index (χ1) is 10.7. The number of hydrogen-bond acceptors (Lipinski definition) is 3. The van der Waals surface area contributed by atoms with Gasteiger partial charge in [-0.3, -0.25) is 4.99 Å². The highest BCUT2D eigenvalue weighted by Gasteiger charge is 2.20. The summed E-state index contributed by atoms with van der Waals surface area (Å²) in [4.78, 5) is 6.83. The van der Waals surface area contributed by atoms with Gasteiger partial charge in [0.25, 0.3) is 0 Å². The number of hydrogen-bond donors (Lipinski definition) is 2. The standard InChI is InChI=1S/C17H30N4O/c1-14-10-15(2)13-21(12-14)8-5-7-19-17(18-3)20-11-16-6-4-9-22-16/h4,6,9,14-15H,5,7-8,10-13H2,1-3H3,(H2,18,19,20). The molecular formula is C17H30N4O. The Morgan fingerprint density at radius 2 is 2.09 bits per heavy atom. The molecule has 22 heavy (non-hydrogen) atoms. The summed E-state index contributed by atoms with van der Waals surface area (Å²) in [7, 11) is 1.80. The molecule has 2 rings (SSSR count). The second-order valence-electron chi connectivity index (χ2n) is 6.49. The Balaban J connectivity index is 1.60. The van der Waals surface area contributed by atoms with E-state index in [1.54, 1.807) is 13.3 Å². The molecule has 0 spiro atoms. The van der Waals surface area contributed by atoms with Crippen LogP contribution in [-0.4, -0.2) is 44.1 Å². The zero-order valence-corrected chi connectivity index (χ0v) is 14.1. The summed E-state index contributed by atoms with van der Waals surface area (Å²) in [6.07, 6.45) is 4.20. The van der Waals surface area contributed by atoms with Crippen molar-refractivity contribution in [3.05, 3.63) is 24.2 Å². The first kappa shape index (κ1) is 16.9. The van der Waals surface area contributed by atoms with Crippen LogP contribution in [-0.2, 0) is 6.54 Å². The maximum Gasteiger partial charge on any atom is 0.191 e. The van der Waals surface area contributed by atoms with Gasteiger partial charge in [0.15, 0.2) is 5.96 Å². The Kier molecular flexibility index (Phi) is 6.77. The molecule has 124 valence electrons. The molecule has 1 aliphatic heterocycles. The van der Waals surface area contributed by atoms with Crippen LogP contribution in [0.25, 0.3) is 0 Å². The van der Waals surface area contributed by atoms with E-state index >= 15 is 0 Å². The Bertz CT molecular complexity index is 434. The highest BCUT2D eigenvalue weighted by Crippen LogP contribution is 2.20. The van der Waals surface area contributed by atoms with Gasteiger partial charge in [0.05, 0.1) is 12.8 Å². The first-order valence-electron chi connectivity index (χ1n) is 8.36. The van der Waals surface area contributed by atoms with Crippen molar-refractivity contribution in [1.82, 2.24) is 15.5 Å². The number of furan rings is 1. The molecule has 0 radical (unpaired) electrons. The van der Waals surface area contributed by atoms with Gasteiger partial charge < -0.3 is 20.0 Å². The van der Waals surface area contributed by atoms with Crippen LogP contribution in [0.1, 0.15) is 32.4 Å². The third-order valence-electron chi connectivity index (χ3n) is 4.12. The van der Waals surface area contributed by atoms with Crippen LogP contribution in [0.2, 0.25) is 0 Å². The quantitative estimate of drug-likeness (QED) is 0.481. The molecule has 1 aliphatic rings. The lowest BCUT2D eigenvalue weighted by Crippen LogP contribution is -2.41. The summed E-state index contributed by atoms with van der Waals surface area (Å²) in [5.74, 6) is 3.41. The number of aliphatic imine (C=N–C) groups is 1. The van der Waals surface area contributed by atoms with Crippen molar-refractivity contribution >= 4 is 5.96 Å². The van der Waals surface area contributed by atoms with Crippen LogP contribution in [0.4, 0.5) is 0 Å². The maximum atomic E-state index is 5.30. The van der Waals surface area contributed by atoms with Gasteiger partial charge in [0.2, 0.25) is 0 Å². The third kappa shape index (κ3) is 5.72. The fraction of sp³-hybridized carbons (Fsp3) is 0.706. The lowest BCUT2D eigenvalue weighted by Gasteiger charge is -2.35. The maximum absolute atomic E-state index is 5.30. The van der Waals surface area contributed by atoms with Crippen molar-refractivity contribution < 1.29 is 4.42 Å². The van der Waals surface area contributed by atoms with Crippen LogP contribution >= 0.6 is 0 Å². The highest BCUT2D eigenvalue weighted by molar-refractivity contribution is 5.79. The van der Waals surface area contributed by atoms with E-state index in [1.807, 2.05) is 12.1 Å². The van der Waals surface area contributed by atoms with Gasteiger partial charge >= 0.3 is 0 Å². The summed E-state index contributed by atoms with van der Waals surface area (Å²) in [6, 6.07) is 3.85. The number of nitrogens with zero attached hydrogens (tertiary/aromatic N) is 2. The van der Waals surface area contributed by atoms with Crippen molar-refractivity contribution in [2.75, 3.05) is 33.2 Å². The SMILES string of the molecule is CN=C(NCCCN1CC(C)CC(C)C1)NCc1ccco1. The van der Waals surface area contributed by atoms with Crippen LogP contribution in [0.5, 0.6) is 0 Å². The topological polar surface area (TPSA) is 52.8 Å². The molecule has 5 heteroatoms. The monoisotopic (exact) mass is 306 g/mol. The van der Waals surface area contributed by atoms with E-state index in [2.05, 4.69) is 34.4 Å². The zero-order valence-electron chi connectivity index (χ0n) is 14.1. The average molecular weight is 306 g/mol. The van der Waals surface area contributed by atoms with E-state index in [-0.39, 0.29) is 0 Å². The highest BCUT2D eigenvalue weighted by atomic mass is 16.3. The van der Waals surface area contributed by atoms with Gasteiger partial charge in [-0.1, -0.05) is 13.8 Å². The van der Waals surface area contributed by atoms with E-state index in [1.165, 1.54) is 19.5 Å². The van der Waals surface area contributed by atoms with Crippen LogP contribution in [0, 0.1) is 11.8 Å². The summed E-state index contributed by atoms with van der Waals surface area (Å²) in [5, 5.41) is 6.62. The second-order valence-corrected chi connectivity index (χ2v) is 6.49.